The lowest BCUT2D eigenvalue weighted by molar-refractivity contribution is -0.139. The molecule has 0 aromatic heterocycles. The molecule has 0 aliphatic heterocycles. The van der Waals surface area contributed by atoms with Crippen molar-refractivity contribution in [2.45, 2.75) is 34.1 Å². The standard InChI is InChI=1S/C49H42O9/c1-32(2)46(50)55-28-25-39-15-11-36(12-16-39)9-10-38-20-23-42(24-21-38)58-49(53)44-35(7)31-41(43(45(44)54-8)27-30-57-48(52)34(5)6)22-19-37-13-17-40(18-14-37)26-29-56-47(51)33(3)4/h11-18,20-21,23-26,28-29,31H,1,3,5,27,30H2,2,4,6-8H3. The molecule has 0 spiro atoms. The van der Waals surface area contributed by atoms with Crippen LogP contribution in [0.1, 0.15) is 75.6 Å². The maximum atomic E-state index is 13.7. The molecule has 0 aliphatic carbocycles. The van der Waals surface area contributed by atoms with E-state index >= 15 is 0 Å². The van der Waals surface area contributed by atoms with E-state index in [1.807, 2.05) is 48.5 Å². The third kappa shape index (κ3) is 12.7. The Kier molecular flexibility index (Phi) is 15.5. The number of esters is 4. The van der Waals surface area contributed by atoms with E-state index in [2.05, 4.69) is 43.4 Å². The van der Waals surface area contributed by atoms with Gasteiger partial charge >= 0.3 is 23.9 Å². The van der Waals surface area contributed by atoms with Crippen LogP contribution in [0.2, 0.25) is 0 Å². The first-order chi connectivity index (χ1) is 27.7. The zero-order valence-corrected chi connectivity index (χ0v) is 33.0. The molecule has 9 heteroatoms. The number of rotatable bonds is 13. The molecule has 0 fully saturated rings. The van der Waals surface area contributed by atoms with Crippen LogP contribution in [-0.4, -0.2) is 37.6 Å². The number of methoxy groups -OCH3 is 1. The molecule has 0 aliphatic rings. The molecule has 0 radical (unpaired) electrons. The van der Waals surface area contributed by atoms with Gasteiger partial charge < -0.3 is 23.7 Å². The average Bonchev–Trinajstić information content (AvgIpc) is 3.20. The summed E-state index contributed by atoms with van der Waals surface area (Å²) in [6, 6.07) is 23.2. The molecule has 4 aromatic carbocycles. The van der Waals surface area contributed by atoms with Gasteiger partial charge in [-0.1, -0.05) is 67.7 Å². The van der Waals surface area contributed by atoms with Crippen molar-refractivity contribution < 1.29 is 42.9 Å². The minimum atomic E-state index is -0.644. The van der Waals surface area contributed by atoms with Gasteiger partial charge in [0.25, 0.3) is 0 Å². The molecule has 0 N–H and O–H groups in total. The van der Waals surface area contributed by atoms with Crippen LogP contribution in [0.3, 0.4) is 0 Å². The summed E-state index contributed by atoms with van der Waals surface area (Å²) in [7, 11) is 1.45. The van der Waals surface area contributed by atoms with E-state index in [0.29, 0.717) is 44.7 Å². The molecule has 0 saturated heterocycles. The number of carbonyl (C=O) groups is 4. The molecule has 0 unspecified atom stereocenters. The summed E-state index contributed by atoms with van der Waals surface area (Å²) < 4.78 is 27.0. The molecular formula is C49H42O9. The Balaban J connectivity index is 1.53. The second-order valence-electron chi connectivity index (χ2n) is 12.9. The van der Waals surface area contributed by atoms with E-state index in [-0.39, 0.29) is 29.9 Å². The first kappa shape index (κ1) is 43.1. The highest BCUT2D eigenvalue weighted by molar-refractivity contribution is 5.96. The number of benzene rings is 4. The SMILES string of the molecule is C=C(C)C(=O)OC=Cc1ccc(C#Cc2ccc(OC(=O)c3c(C)cc(C#Cc4ccc(C=COC(=O)C(=C)C)cc4)c(CCOC(=O)C(=C)C)c3OC)cc2)cc1. The van der Waals surface area contributed by atoms with E-state index in [4.69, 9.17) is 23.7 Å². The summed E-state index contributed by atoms with van der Waals surface area (Å²) in [6.07, 6.45) is 6.12. The molecule has 0 saturated carbocycles. The predicted octanol–water partition coefficient (Wildman–Crippen LogP) is 8.86. The zero-order chi connectivity index (χ0) is 42.2. The van der Waals surface area contributed by atoms with Gasteiger partial charge in [0.1, 0.15) is 17.1 Å². The van der Waals surface area contributed by atoms with Crippen molar-refractivity contribution >= 4 is 36.0 Å². The molecule has 58 heavy (non-hydrogen) atoms. The smallest absolute Gasteiger partial charge is 0.347 e. The number of aryl methyl sites for hydroxylation is 1. The van der Waals surface area contributed by atoms with Crippen molar-refractivity contribution in [2.75, 3.05) is 13.7 Å². The maximum absolute atomic E-state index is 13.7. The first-order valence-electron chi connectivity index (χ1n) is 17.9. The fourth-order valence-corrected chi connectivity index (χ4v) is 4.99. The highest BCUT2D eigenvalue weighted by Crippen LogP contribution is 2.32. The number of carbonyl (C=O) groups excluding carboxylic acids is 4. The third-order valence-corrected chi connectivity index (χ3v) is 8.07. The quantitative estimate of drug-likeness (QED) is 0.0328. The highest BCUT2D eigenvalue weighted by Gasteiger charge is 2.24. The van der Waals surface area contributed by atoms with Crippen LogP contribution < -0.4 is 9.47 Å². The Morgan fingerprint density at radius 3 is 1.53 bits per heavy atom. The second kappa shape index (κ2) is 20.9. The molecular weight excluding hydrogens is 733 g/mol. The Morgan fingerprint density at radius 1 is 0.638 bits per heavy atom. The van der Waals surface area contributed by atoms with Crippen molar-refractivity contribution in [1.29, 1.82) is 0 Å². The predicted molar refractivity (Wildman–Crippen MR) is 223 cm³/mol. The Bertz CT molecular complexity index is 2420. The normalized spacial score (nSPS) is 10.4. The van der Waals surface area contributed by atoms with E-state index in [0.717, 1.165) is 16.7 Å². The van der Waals surface area contributed by atoms with Gasteiger partial charge in [0.2, 0.25) is 0 Å². The minimum Gasteiger partial charge on any atom is -0.496 e. The molecule has 0 heterocycles. The van der Waals surface area contributed by atoms with Crippen LogP contribution in [0, 0.1) is 30.6 Å². The molecule has 9 nitrogen and oxygen atoms in total. The van der Waals surface area contributed by atoms with Gasteiger partial charge in [-0.05, 0) is 111 Å². The van der Waals surface area contributed by atoms with E-state index in [1.54, 1.807) is 70.2 Å². The lowest BCUT2D eigenvalue weighted by atomic mass is 9.95. The van der Waals surface area contributed by atoms with Crippen molar-refractivity contribution in [3.63, 3.8) is 0 Å². The zero-order valence-electron chi connectivity index (χ0n) is 33.0. The lowest BCUT2D eigenvalue weighted by Crippen LogP contribution is -2.16. The van der Waals surface area contributed by atoms with Crippen LogP contribution in [0.15, 0.2) is 128 Å². The fraction of sp³-hybridized carbons (Fsp3) is 0.143. The highest BCUT2D eigenvalue weighted by atomic mass is 16.5. The average molecular weight is 775 g/mol. The van der Waals surface area contributed by atoms with Gasteiger partial charge in [0, 0.05) is 51.0 Å². The minimum absolute atomic E-state index is 0.0120. The van der Waals surface area contributed by atoms with Crippen LogP contribution in [-0.2, 0) is 35.0 Å². The van der Waals surface area contributed by atoms with Gasteiger partial charge in [0.05, 0.1) is 26.2 Å². The summed E-state index contributed by atoms with van der Waals surface area (Å²) in [5, 5.41) is 0. The maximum Gasteiger partial charge on any atom is 0.347 e. The Hall–Kier alpha value is -7.62. The van der Waals surface area contributed by atoms with Gasteiger partial charge in [-0.2, -0.15) is 0 Å². The van der Waals surface area contributed by atoms with Crippen molar-refractivity contribution in [2.24, 2.45) is 0 Å². The Morgan fingerprint density at radius 2 is 1.09 bits per heavy atom. The van der Waals surface area contributed by atoms with E-state index in [1.165, 1.54) is 19.6 Å². The summed E-state index contributed by atoms with van der Waals surface area (Å²) in [5.41, 5.74) is 6.58. The molecule has 0 amide bonds. The van der Waals surface area contributed by atoms with E-state index in [9.17, 15) is 19.2 Å². The number of hydrogen-bond donors (Lipinski definition) is 0. The largest absolute Gasteiger partial charge is 0.496 e. The summed E-state index contributed by atoms with van der Waals surface area (Å²) in [6.45, 7) is 17.2. The molecule has 4 rings (SSSR count). The fourth-order valence-electron chi connectivity index (χ4n) is 4.99. The number of ether oxygens (including phenoxy) is 5. The van der Waals surface area contributed by atoms with Crippen molar-refractivity contribution in [1.82, 2.24) is 0 Å². The van der Waals surface area contributed by atoms with E-state index < -0.39 is 23.9 Å². The second-order valence-corrected chi connectivity index (χ2v) is 12.9. The van der Waals surface area contributed by atoms with Gasteiger partial charge in [-0.15, -0.1) is 0 Å². The molecule has 0 atom stereocenters. The number of hydrogen-bond acceptors (Lipinski definition) is 9. The van der Waals surface area contributed by atoms with Gasteiger partial charge in [-0.25, -0.2) is 19.2 Å². The lowest BCUT2D eigenvalue weighted by Gasteiger charge is -2.18. The summed E-state index contributed by atoms with van der Waals surface area (Å²) in [4.78, 5) is 49.0. The van der Waals surface area contributed by atoms with Crippen LogP contribution >= 0.6 is 0 Å². The summed E-state index contributed by atoms with van der Waals surface area (Å²) in [5.74, 6) is 10.9. The summed E-state index contributed by atoms with van der Waals surface area (Å²) >= 11 is 0. The topological polar surface area (TPSA) is 114 Å². The van der Waals surface area contributed by atoms with Gasteiger partial charge in [-0.3, -0.25) is 0 Å². The molecule has 292 valence electrons. The first-order valence-corrected chi connectivity index (χ1v) is 17.9. The van der Waals surface area contributed by atoms with Crippen LogP contribution in [0.25, 0.3) is 12.2 Å². The molecule has 0 bridgehead atoms. The molecule has 4 aromatic rings. The van der Waals surface area contributed by atoms with Gasteiger partial charge in [0.15, 0.2) is 0 Å². The van der Waals surface area contributed by atoms with Crippen LogP contribution in [0.4, 0.5) is 0 Å². The monoisotopic (exact) mass is 774 g/mol. The third-order valence-electron chi connectivity index (χ3n) is 8.07. The van der Waals surface area contributed by atoms with Crippen molar-refractivity contribution in [3.8, 4) is 35.2 Å². The Labute approximate surface area is 338 Å². The van der Waals surface area contributed by atoms with Crippen LogP contribution in [0.5, 0.6) is 11.5 Å². The van der Waals surface area contributed by atoms with Crippen molar-refractivity contribution in [3.05, 3.63) is 178 Å².